The van der Waals surface area contributed by atoms with Crippen LogP contribution in [-0.4, -0.2) is 45.7 Å². The molecule has 4 nitrogen and oxygen atoms in total. The first kappa shape index (κ1) is 16.3. The highest BCUT2D eigenvalue weighted by molar-refractivity contribution is 5.66. The first-order valence-electron chi connectivity index (χ1n) is 8.65. The van der Waals surface area contributed by atoms with Gasteiger partial charge in [0.05, 0.1) is 0 Å². The number of hydrogen-bond acceptors (Lipinski definition) is 2. The fourth-order valence-corrected chi connectivity index (χ4v) is 4.54. The molecule has 1 aliphatic heterocycles. The molecule has 0 radical (unpaired) electrons. The maximum atomic E-state index is 11.8. The fourth-order valence-electron chi connectivity index (χ4n) is 4.54. The summed E-state index contributed by atoms with van der Waals surface area (Å²) in [5, 5.41) is 9.74. The number of nitrogens with zero attached hydrogens (tertiary/aromatic N) is 2. The Labute approximate surface area is 139 Å². The van der Waals surface area contributed by atoms with Crippen LogP contribution in [-0.2, 0) is 6.54 Å². The molecule has 2 fully saturated rings. The minimum atomic E-state index is -0.768. The summed E-state index contributed by atoms with van der Waals surface area (Å²) in [7, 11) is 0. The highest BCUT2D eigenvalue weighted by atomic mass is 16.4. The van der Waals surface area contributed by atoms with Crippen molar-refractivity contribution >= 4 is 6.09 Å². The van der Waals surface area contributed by atoms with E-state index in [-0.39, 0.29) is 11.6 Å². The first-order chi connectivity index (χ1) is 10.9. The molecule has 1 aromatic rings. The zero-order chi connectivity index (χ0) is 16.6. The zero-order valence-electron chi connectivity index (χ0n) is 14.4. The molecule has 126 valence electrons. The van der Waals surface area contributed by atoms with Crippen LogP contribution in [0.25, 0.3) is 0 Å². The topological polar surface area (TPSA) is 43.8 Å². The second-order valence-electron chi connectivity index (χ2n) is 8.09. The standard InChI is InChI=1S/C19H28N2O2/c1-19(2,3)21(18(22)23)17-15-9-10-16(17)13-20(12-15)11-14-7-5-4-6-8-14/h4-8,15-17H,9-13H2,1-3H3,(H,22,23). The van der Waals surface area contributed by atoms with Gasteiger partial charge in [0.25, 0.3) is 0 Å². The number of benzene rings is 1. The van der Waals surface area contributed by atoms with Gasteiger partial charge in [0.1, 0.15) is 0 Å². The van der Waals surface area contributed by atoms with E-state index in [9.17, 15) is 9.90 Å². The molecule has 3 rings (SSSR count). The Kier molecular flexibility index (Phi) is 4.37. The monoisotopic (exact) mass is 316 g/mol. The number of rotatable bonds is 3. The Hall–Kier alpha value is -1.55. The van der Waals surface area contributed by atoms with Gasteiger partial charge in [-0.1, -0.05) is 30.3 Å². The van der Waals surface area contributed by atoms with Gasteiger partial charge in [-0.2, -0.15) is 0 Å². The van der Waals surface area contributed by atoms with Gasteiger partial charge in [-0.25, -0.2) is 4.79 Å². The van der Waals surface area contributed by atoms with Crippen LogP contribution in [0, 0.1) is 11.8 Å². The van der Waals surface area contributed by atoms with E-state index in [0.717, 1.165) is 32.5 Å². The molecular weight excluding hydrogens is 288 g/mol. The third-order valence-corrected chi connectivity index (χ3v) is 5.34. The smallest absolute Gasteiger partial charge is 0.408 e. The highest BCUT2D eigenvalue weighted by Crippen LogP contribution is 2.42. The van der Waals surface area contributed by atoms with E-state index in [1.54, 1.807) is 4.90 Å². The van der Waals surface area contributed by atoms with Crippen LogP contribution in [0.3, 0.4) is 0 Å². The average molecular weight is 316 g/mol. The summed E-state index contributed by atoms with van der Waals surface area (Å²) in [5.41, 5.74) is 1.01. The van der Waals surface area contributed by atoms with E-state index in [2.05, 4.69) is 29.2 Å². The number of fused-ring (bicyclic) bond motifs is 2. The van der Waals surface area contributed by atoms with Crippen LogP contribution >= 0.6 is 0 Å². The lowest BCUT2D eigenvalue weighted by atomic mass is 9.87. The van der Waals surface area contributed by atoms with Crippen LogP contribution in [0.2, 0.25) is 0 Å². The van der Waals surface area contributed by atoms with Crippen molar-refractivity contribution in [1.82, 2.24) is 9.80 Å². The minimum Gasteiger partial charge on any atom is -0.465 e. The second-order valence-corrected chi connectivity index (χ2v) is 8.09. The van der Waals surface area contributed by atoms with Gasteiger partial charge in [0.2, 0.25) is 0 Å². The van der Waals surface area contributed by atoms with E-state index in [4.69, 9.17) is 0 Å². The van der Waals surface area contributed by atoms with Crippen molar-refractivity contribution in [2.45, 2.75) is 51.7 Å². The van der Waals surface area contributed by atoms with Gasteiger partial charge < -0.3 is 5.11 Å². The van der Waals surface area contributed by atoms with Crippen LogP contribution < -0.4 is 0 Å². The van der Waals surface area contributed by atoms with E-state index >= 15 is 0 Å². The van der Waals surface area contributed by atoms with Crippen molar-refractivity contribution in [1.29, 1.82) is 0 Å². The molecule has 1 aliphatic carbocycles. The van der Waals surface area contributed by atoms with E-state index < -0.39 is 6.09 Å². The number of carbonyl (C=O) groups is 1. The number of likely N-dealkylation sites (tertiary alicyclic amines) is 1. The van der Waals surface area contributed by atoms with Crippen molar-refractivity contribution < 1.29 is 9.90 Å². The Morgan fingerprint density at radius 2 is 1.74 bits per heavy atom. The Balaban J connectivity index is 1.73. The number of piperidine rings is 1. The average Bonchev–Trinajstić information content (AvgIpc) is 2.70. The summed E-state index contributed by atoms with van der Waals surface area (Å²) in [5.74, 6) is 0.931. The molecule has 2 unspecified atom stereocenters. The third kappa shape index (κ3) is 3.37. The van der Waals surface area contributed by atoms with Gasteiger partial charge in [0.15, 0.2) is 0 Å². The lowest BCUT2D eigenvalue weighted by molar-refractivity contribution is 0.00301. The summed E-state index contributed by atoms with van der Waals surface area (Å²) in [6.45, 7) is 9.03. The number of amides is 1. The van der Waals surface area contributed by atoms with Gasteiger partial charge in [-0.3, -0.25) is 9.80 Å². The lowest BCUT2D eigenvalue weighted by Crippen LogP contribution is -2.59. The minimum absolute atomic E-state index is 0.180. The molecule has 4 heteroatoms. The van der Waals surface area contributed by atoms with Crippen LogP contribution in [0.1, 0.15) is 39.2 Å². The van der Waals surface area contributed by atoms with Gasteiger partial charge >= 0.3 is 6.09 Å². The molecule has 0 aromatic heterocycles. The lowest BCUT2D eigenvalue weighted by Gasteiger charge is -2.47. The quantitative estimate of drug-likeness (QED) is 0.925. The zero-order valence-corrected chi connectivity index (χ0v) is 14.4. The maximum absolute atomic E-state index is 11.8. The molecule has 1 amide bonds. The first-order valence-corrected chi connectivity index (χ1v) is 8.65. The third-order valence-electron chi connectivity index (χ3n) is 5.34. The molecule has 2 atom stereocenters. The highest BCUT2D eigenvalue weighted by Gasteiger charge is 2.49. The summed E-state index contributed by atoms with van der Waals surface area (Å²) in [6, 6.07) is 10.7. The van der Waals surface area contributed by atoms with Crippen molar-refractivity contribution in [3.05, 3.63) is 35.9 Å². The molecule has 2 bridgehead atoms. The Morgan fingerprint density at radius 1 is 1.17 bits per heavy atom. The Morgan fingerprint density at radius 3 is 2.22 bits per heavy atom. The van der Waals surface area contributed by atoms with Crippen LogP contribution in [0.5, 0.6) is 0 Å². The molecule has 23 heavy (non-hydrogen) atoms. The molecule has 1 saturated carbocycles. The summed E-state index contributed by atoms with van der Waals surface area (Å²) in [4.78, 5) is 16.1. The van der Waals surface area contributed by atoms with Crippen molar-refractivity contribution in [3.63, 3.8) is 0 Å². The number of carboxylic acid groups (broad SMARTS) is 1. The largest absolute Gasteiger partial charge is 0.465 e. The molecule has 1 N–H and O–H groups in total. The van der Waals surface area contributed by atoms with Gasteiger partial charge in [0, 0.05) is 31.2 Å². The predicted octanol–water partition coefficient (Wildman–Crippen LogP) is 3.68. The van der Waals surface area contributed by atoms with Crippen LogP contribution in [0.15, 0.2) is 30.3 Å². The van der Waals surface area contributed by atoms with Crippen molar-refractivity contribution in [2.24, 2.45) is 11.8 Å². The fraction of sp³-hybridized carbons (Fsp3) is 0.632. The van der Waals surface area contributed by atoms with E-state index in [1.807, 2.05) is 26.8 Å². The maximum Gasteiger partial charge on any atom is 0.408 e. The van der Waals surface area contributed by atoms with Crippen molar-refractivity contribution in [3.8, 4) is 0 Å². The normalized spacial score (nSPS) is 27.9. The van der Waals surface area contributed by atoms with Crippen LogP contribution in [0.4, 0.5) is 4.79 Å². The Bertz CT molecular complexity index is 538. The molecule has 1 heterocycles. The summed E-state index contributed by atoms with van der Waals surface area (Å²) >= 11 is 0. The molecule has 1 aromatic carbocycles. The van der Waals surface area contributed by atoms with E-state index in [1.165, 1.54) is 5.56 Å². The molecule has 1 saturated heterocycles. The second kappa shape index (κ2) is 6.16. The predicted molar refractivity (Wildman–Crippen MR) is 91.3 cm³/mol. The molecule has 0 spiro atoms. The molecule has 2 aliphatic rings. The molecular formula is C19H28N2O2. The van der Waals surface area contributed by atoms with Gasteiger partial charge in [-0.05, 0) is 51.0 Å². The van der Waals surface area contributed by atoms with Crippen molar-refractivity contribution in [2.75, 3.05) is 13.1 Å². The van der Waals surface area contributed by atoms with E-state index in [0.29, 0.717) is 11.8 Å². The SMILES string of the molecule is CC(C)(C)N(C(=O)O)C1C2CCC1CN(Cc1ccccc1)C2. The summed E-state index contributed by atoms with van der Waals surface area (Å²) in [6.07, 6.45) is 1.54. The summed E-state index contributed by atoms with van der Waals surface area (Å²) < 4.78 is 0. The number of hydrogen-bond donors (Lipinski definition) is 1. The van der Waals surface area contributed by atoms with Gasteiger partial charge in [-0.15, -0.1) is 0 Å².